The molecule has 0 aromatic heterocycles. The van der Waals surface area contributed by atoms with Gasteiger partial charge in [-0.05, 0) is 13.8 Å². The highest BCUT2D eigenvalue weighted by Crippen LogP contribution is 2.28. The highest BCUT2D eigenvalue weighted by molar-refractivity contribution is 5.74. The van der Waals surface area contributed by atoms with E-state index in [1.807, 2.05) is 0 Å². The molecular weight excluding hydrogens is 161 g/mol. The third-order valence-corrected chi connectivity index (χ3v) is 1.46. The summed E-state index contributed by atoms with van der Waals surface area (Å²) in [5, 5.41) is 8.29. The van der Waals surface area contributed by atoms with E-state index in [0.29, 0.717) is 0 Å². The molecule has 5 heteroatoms. The van der Waals surface area contributed by atoms with E-state index < -0.39 is 24.0 Å². The van der Waals surface area contributed by atoms with E-state index in [0.717, 1.165) is 13.8 Å². The van der Waals surface area contributed by atoms with Crippen molar-refractivity contribution in [3.63, 3.8) is 0 Å². The zero-order chi connectivity index (χ0) is 9.23. The van der Waals surface area contributed by atoms with Crippen LogP contribution in [0, 0.1) is 5.41 Å². The van der Waals surface area contributed by atoms with Crippen molar-refractivity contribution < 1.29 is 23.1 Å². The molecule has 0 radical (unpaired) electrons. The van der Waals surface area contributed by atoms with Crippen molar-refractivity contribution in [2.45, 2.75) is 26.4 Å². The van der Waals surface area contributed by atoms with Crippen LogP contribution >= 0.6 is 0 Å². The van der Waals surface area contributed by atoms with E-state index in [1.54, 1.807) is 0 Å². The van der Waals surface area contributed by atoms with Crippen molar-refractivity contribution in [2.24, 2.45) is 5.41 Å². The number of carboxylic acids is 1. The van der Waals surface area contributed by atoms with Gasteiger partial charge >= 0.3 is 5.97 Å². The lowest BCUT2D eigenvalue weighted by molar-refractivity contribution is -0.155. The topological polar surface area (TPSA) is 37.3 Å². The fourth-order valence-electron chi connectivity index (χ4n) is 0.433. The Hall–Kier alpha value is -0.740. The second kappa shape index (κ2) is 3.11. The summed E-state index contributed by atoms with van der Waals surface area (Å²) in [6, 6.07) is 0. The molecule has 0 aliphatic carbocycles. The van der Waals surface area contributed by atoms with Gasteiger partial charge in [-0.15, -0.1) is 0 Å². The van der Waals surface area contributed by atoms with Crippen LogP contribution < -0.4 is 0 Å². The van der Waals surface area contributed by atoms with Gasteiger partial charge in [0.05, 0.1) is 5.41 Å². The van der Waals surface area contributed by atoms with E-state index in [1.165, 1.54) is 0 Å². The van der Waals surface area contributed by atoms with Gasteiger partial charge in [0.25, 0.3) is 6.43 Å². The Morgan fingerprint density at radius 3 is 1.82 bits per heavy atom. The van der Waals surface area contributed by atoms with Crippen LogP contribution in [0.2, 0.25) is 0 Å². The Balaban J connectivity index is 4.42. The molecule has 1 unspecified atom stereocenters. The van der Waals surface area contributed by atoms with Gasteiger partial charge in [0.15, 0.2) is 6.17 Å². The molecule has 2 nitrogen and oxygen atoms in total. The van der Waals surface area contributed by atoms with Crippen LogP contribution in [0.5, 0.6) is 0 Å². The lowest BCUT2D eigenvalue weighted by Crippen LogP contribution is -2.38. The second-order valence-electron chi connectivity index (χ2n) is 2.76. The number of hydrogen-bond acceptors (Lipinski definition) is 1. The summed E-state index contributed by atoms with van der Waals surface area (Å²) < 4.78 is 35.7. The number of rotatable bonds is 3. The van der Waals surface area contributed by atoms with E-state index in [2.05, 4.69) is 0 Å². The van der Waals surface area contributed by atoms with Gasteiger partial charge in [-0.2, -0.15) is 0 Å². The van der Waals surface area contributed by atoms with Gasteiger partial charge in [0.2, 0.25) is 0 Å². The molecular formula is C6H9F3O2. The van der Waals surface area contributed by atoms with Gasteiger partial charge in [-0.3, -0.25) is 4.79 Å². The lowest BCUT2D eigenvalue weighted by Gasteiger charge is -2.22. The quantitative estimate of drug-likeness (QED) is 0.699. The Labute approximate surface area is 62.0 Å². The first kappa shape index (κ1) is 10.3. The van der Waals surface area contributed by atoms with Crippen LogP contribution in [0.3, 0.4) is 0 Å². The number of halogens is 3. The van der Waals surface area contributed by atoms with Crippen molar-refractivity contribution in [3.05, 3.63) is 0 Å². The van der Waals surface area contributed by atoms with Crippen molar-refractivity contribution in [1.29, 1.82) is 0 Å². The molecule has 0 saturated heterocycles. The SMILES string of the molecule is CC(C)(C(=O)O)C(F)C(F)F. The molecule has 0 aromatic carbocycles. The molecule has 0 amide bonds. The molecule has 1 atom stereocenters. The lowest BCUT2D eigenvalue weighted by atomic mass is 9.88. The molecule has 11 heavy (non-hydrogen) atoms. The fourth-order valence-corrected chi connectivity index (χ4v) is 0.433. The molecule has 0 aliphatic rings. The van der Waals surface area contributed by atoms with E-state index >= 15 is 0 Å². The summed E-state index contributed by atoms with van der Waals surface area (Å²) in [4.78, 5) is 10.2. The number of alkyl halides is 3. The molecule has 0 aliphatic heterocycles. The molecule has 0 heterocycles. The molecule has 0 aromatic rings. The van der Waals surface area contributed by atoms with Crippen molar-refractivity contribution in [1.82, 2.24) is 0 Å². The van der Waals surface area contributed by atoms with Gasteiger partial charge in [0.1, 0.15) is 0 Å². The van der Waals surface area contributed by atoms with Crippen molar-refractivity contribution in [2.75, 3.05) is 0 Å². The van der Waals surface area contributed by atoms with Crippen LogP contribution in [0.4, 0.5) is 13.2 Å². The molecule has 0 fully saturated rings. The standard InChI is InChI=1S/C6H9F3O2/c1-6(2,5(10)11)3(7)4(8)9/h3-4H,1-2H3,(H,10,11). The van der Waals surface area contributed by atoms with Crippen molar-refractivity contribution >= 4 is 5.97 Å². The summed E-state index contributed by atoms with van der Waals surface area (Å²) >= 11 is 0. The summed E-state index contributed by atoms with van der Waals surface area (Å²) in [6.07, 6.45) is -5.87. The minimum atomic E-state index is -3.25. The predicted octanol–water partition coefficient (Wildman–Crippen LogP) is 1.70. The predicted molar refractivity (Wildman–Crippen MR) is 32.3 cm³/mol. The zero-order valence-corrected chi connectivity index (χ0v) is 6.14. The highest BCUT2D eigenvalue weighted by Gasteiger charge is 2.42. The Bertz CT molecular complexity index is 156. The molecule has 0 saturated carbocycles. The fraction of sp³-hybridized carbons (Fsp3) is 0.833. The first-order valence-corrected chi connectivity index (χ1v) is 2.95. The minimum Gasteiger partial charge on any atom is -0.481 e. The van der Waals surface area contributed by atoms with Crippen molar-refractivity contribution in [3.8, 4) is 0 Å². The summed E-state index contributed by atoms with van der Waals surface area (Å²) in [5.41, 5.74) is -2.02. The zero-order valence-electron chi connectivity index (χ0n) is 6.14. The van der Waals surface area contributed by atoms with Crippen LogP contribution in [0.25, 0.3) is 0 Å². The average molecular weight is 170 g/mol. The Morgan fingerprint density at radius 2 is 1.73 bits per heavy atom. The Morgan fingerprint density at radius 1 is 1.36 bits per heavy atom. The maximum atomic E-state index is 12.4. The normalized spacial score (nSPS) is 15.1. The van der Waals surface area contributed by atoms with Crippen LogP contribution in [-0.2, 0) is 4.79 Å². The summed E-state index contributed by atoms with van der Waals surface area (Å²) in [6.45, 7) is 1.85. The smallest absolute Gasteiger partial charge is 0.312 e. The first-order valence-electron chi connectivity index (χ1n) is 2.95. The van der Waals surface area contributed by atoms with Gasteiger partial charge < -0.3 is 5.11 Å². The minimum absolute atomic E-state index is 0.923. The third-order valence-electron chi connectivity index (χ3n) is 1.46. The molecule has 0 bridgehead atoms. The van der Waals surface area contributed by atoms with Gasteiger partial charge in [-0.25, -0.2) is 13.2 Å². The molecule has 1 N–H and O–H groups in total. The first-order chi connectivity index (χ1) is 4.80. The van der Waals surface area contributed by atoms with E-state index in [4.69, 9.17) is 5.11 Å². The number of carbonyl (C=O) groups is 1. The number of carboxylic acid groups (broad SMARTS) is 1. The maximum Gasteiger partial charge on any atom is 0.312 e. The van der Waals surface area contributed by atoms with E-state index in [9.17, 15) is 18.0 Å². The number of hydrogen-bond donors (Lipinski definition) is 1. The Kier molecular flexibility index (Phi) is 2.90. The van der Waals surface area contributed by atoms with E-state index in [-0.39, 0.29) is 0 Å². The monoisotopic (exact) mass is 170 g/mol. The molecule has 0 spiro atoms. The van der Waals surface area contributed by atoms with Gasteiger partial charge in [0, 0.05) is 0 Å². The summed E-state index contributed by atoms with van der Waals surface area (Å²) in [5.74, 6) is -1.56. The molecule has 66 valence electrons. The largest absolute Gasteiger partial charge is 0.481 e. The highest BCUT2D eigenvalue weighted by atomic mass is 19.3. The van der Waals surface area contributed by atoms with Crippen LogP contribution in [0.15, 0.2) is 0 Å². The number of aliphatic carboxylic acids is 1. The van der Waals surface area contributed by atoms with Crippen LogP contribution in [0.1, 0.15) is 13.8 Å². The maximum absolute atomic E-state index is 12.4. The van der Waals surface area contributed by atoms with Crippen LogP contribution in [-0.4, -0.2) is 23.7 Å². The van der Waals surface area contributed by atoms with Gasteiger partial charge in [-0.1, -0.05) is 0 Å². The molecule has 0 rings (SSSR count). The average Bonchev–Trinajstić information content (AvgIpc) is 1.85. The summed E-state index contributed by atoms with van der Waals surface area (Å²) in [7, 11) is 0. The second-order valence-corrected chi connectivity index (χ2v) is 2.76. The third kappa shape index (κ3) is 2.10.